The standard InChI is InChI=1S/C18H20N4O2/c1-11-8-12(2)22(20-11)10-15-6-5-7-16(9-15)19-18(23)17-13(3)21-24-14(17)4/h5-9H,10H2,1-4H3,(H,19,23). The lowest BCUT2D eigenvalue weighted by Crippen LogP contribution is -2.14. The van der Waals surface area contributed by atoms with Crippen molar-refractivity contribution in [3.05, 3.63) is 64.3 Å². The minimum Gasteiger partial charge on any atom is -0.361 e. The highest BCUT2D eigenvalue weighted by Gasteiger charge is 2.17. The lowest BCUT2D eigenvalue weighted by atomic mass is 10.1. The summed E-state index contributed by atoms with van der Waals surface area (Å²) >= 11 is 0. The SMILES string of the molecule is Cc1cc(C)n(Cc2cccc(NC(=O)c3c(C)noc3C)c2)n1. The van der Waals surface area contributed by atoms with Crippen molar-refractivity contribution >= 4 is 11.6 Å². The molecule has 0 bridgehead atoms. The predicted molar refractivity (Wildman–Crippen MR) is 91.2 cm³/mol. The second-order valence-corrected chi connectivity index (χ2v) is 5.94. The maximum Gasteiger partial charge on any atom is 0.261 e. The van der Waals surface area contributed by atoms with Crippen molar-refractivity contribution in [3.8, 4) is 0 Å². The number of rotatable bonds is 4. The summed E-state index contributed by atoms with van der Waals surface area (Å²) in [4.78, 5) is 12.4. The van der Waals surface area contributed by atoms with Gasteiger partial charge in [-0.15, -0.1) is 0 Å². The second-order valence-electron chi connectivity index (χ2n) is 5.94. The molecule has 1 N–H and O–H groups in total. The molecule has 0 aliphatic heterocycles. The van der Waals surface area contributed by atoms with E-state index in [4.69, 9.17) is 4.52 Å². The number of carbonyl (C=O) groups is 1. The Morgan fingerprint density at radius 1 is 1.21 bits per heavy atom. The van der Waals surface area contributed by atoms with Crippen LogP contribution in [0.1, 0.15) is 38.8 Å². The van der Waals surface area contributed by atoms with Gasteiger partial charge in [0.25, 0.3) is 5.91 Å². The monoisotopic (exact) mass is 324 g/mol. The molecule has 0 fully saturated rings. The first-order valence-corrected chi connectivity index (χ1v) is 7.78. The van der Waals surface area contributed by atoms with Gasteiger partial charge in [-0.25, -0.2) is 0 Å². The first-order chi connectivity index (χ1) is 11.4. The Hall–Kier alpha value is -2.89. The molecule has 6 heteroatoms. The molecule has 3 rings (SSSR count). The number of amides is 1. The van der Waals surface area contributed by atoms with E-state index in [1.54, 1.807) is 13.8 Å². The van der Waals surface area contributed by atoms with E-state index in [0.29, 0.717) is 23.6 Å². The third-order valence-corrected chi connectivity index (χ3v) is 3.88. The molecular weight excluding hydrogens is 304 g/mol. The average molecular weight is 324 g/mol. The summed E-state index contributed by atoms with van der Waals surface area (Å²) in [5, 5.41) is 11.2. The molecule has 24 heavy (non-hydrogen) atoms. The van der Waals surface area contributed by atoms with E-state index in [0.717, 1.165) is 22.6 Å². The highest BCUT2D eigenvalue weighted by atomic mass is 16.5. The number of carbonyl (C=O) groups excluding carboxylic acids is 1. The average Bonchev–Trinajstić information content (AvgIpc) is 3.01. The third-order valence-electron chi connectivity index (χ3n) is 3.88. The zero-order valence-corrected chi connectivity index (χ0v) is 14.3. The van der Waals surface area contributed by atoms with Crippen molar-refractivity contribution in [2.24, 2.45) is 0 Å². The number of aryl methyl sites for hydroxylation is 4. The highest BCUT2D eigenvalue weighted by Crippen LogP contribution is 2.17. The molecule has 6 nitrogen and oxygen atoms in total. The third kappa shape index (κ3) is 3.22. The van der Waals surface area contributed by atoms with Crippen LogP contribution in [0.2, 0.25) is 0 Å². The lowest BCUT2D eigenvalue weighted by molar-refractivity contribution is 0.102. The Bertz CT molecular complexity index is 873. The normalized spacial score (nSPS) is 10.8. The highest BCUT2D eigenvalue weighted by molar-refractivity contribution is 6.05. The van der Waals surface area contributed by atoms with Gasteiger partial charge in [0.2, 0.25) is 0 Å². The van der Waals surface area contributed by atoms with Crippen molar-refractivity contribution in [2.45, 2.75) is 34.2 Å². The largest absolute Gasteiger partial charge is 0.361 e. The van der Waals surface area contributed by atoms with Crippen LogP contribution in [0.5, 0.6) is 0 Å². The fraction of sp³-hybridized carbons (Fsp3) is 0.278. The summed E-state index contributed by atoms with van der Waals surface area (Å²) in [5.74, 6) is 0.304. The van der Waals surface area contributed by atoms with Gasteiger partial charge in [0.05, 0.1) is 17.9 Å². The lowest BCUT2D eigenvalue weighted by Gasteiger charge is -2.09. The fourth-order valence-electron chi connectivity index (χ4n) is 2.76. The summed E-state index contributed by atoms with van der Waals surface area (Å²) in [6.45, 7) is 8.15. The summed E-state index contributed by atoms with van der Waals surface area (Å²) in [5.41, 5.74) is 4.98. The first-order valence-electron chi connectivity index (χ1n) is 7.78. The van der Waals surface area contributed by atoms with E-state index >= 15 is 0 Å². The van der Waals surface area contributed by atoms with Gasteiger partial charge in [0, 0.05) is 11.4 Å². The van der Waals surface area contributed by atoms with Gasteiger partial charge in [-0.3, -0.25) is 9.48 Å². The van der Waals surface area contributed by atoms with Gasteiger partial charge in [-0.2, -0.15) is 5.10 Å². The van der Waals surface area contributed by atoms with E-state index in [9.17, 15) is 4.79 Å². The molecule has 0 unspecified atom stereocenters. The Morgan fingerprint density at radius 3 is 2.62 bits per heavy atom. The quantitative estimate of drug-likeness (QED) is 0.798. The van der Waals surface area contributed by atoms with E-state index in [2.05, 4.69) is 15.6 Å². The van der Waals surface area contributed by atoms with Gasteiger partial charge >= 0.3 is 0 Å². The zero-order chi connectivity index (χ0) is 17.3. The topological polar surface area (TPSA) is 73.0 Å². The molecule has 1 aromatic carbocycles. The maximum atomic E-state index is 12.4. The number of hydrogen-bond donors (Lipinski definition) is 1. The summed E-state index contributed by atoms with van der Waals surface area (Å²) < 4.78 is 7.00. The van der Waals surface area contributed by atoms with Crippen molar-refractivity contribution < 1.29 is 9.32 Å². The Balaban J connectivity index is 1.78. The van der Waals surface area contributed by atoms with Crippen LogP contribution in [0.15, 0.2) is 34.9 Å². The molecule has 0 aliphatic carbocycles. The number of aromatic nitrogens is 3. The molecule has 0 saturated heterocycles. The van der Waals surface area contributed by atoms with E-state index < -0.39 is 0 Å². The molecule has 0 saturated carbocycles. The zero-order valence-electron chi connectivity index (χ0n) is 14.3. The van der Waals surface area contributed by atoms with Crippen LogP contribution in [-0.4, -0.2) is 20.8 Å². The smallest absolute Gasteiger partial charge is 0.261 e. The molecular formula is C18H20N4O2. The van der Waals surface area contributed by atoms with Crippen LogP contribution in [0.3, 0.4) is 0 Å². The first kappa shape index (κ1) is 16.0. The maximum absolute atomic E-state index is 12.4. The minimum absolute atomic E-state index is 0.213. The molecule has 0 aliphatic rings. The molecule has 2 heterocycles. The number of benzene rings is 1. The molecule has 2 aromatic heterocycles. The Morgan fingerprint density at radius 2 is 2.00 bits per heavy atom. The summed E-state index contributed by atoms with van der Waals surface area (Å²) in [7, 11) is 0. The van der Waals surface area contributed by atoms with Crippen LogP contribution >= 0.6 is 0 Å². The van der Waals surface area contributed by atoms with E-state index in [-0.39, 0.29) is 5.91 Å². The number of nitrogens with zero attached hydrogens (tertiary/aromatic N) is 3. The molecule has 0 spiro atoms. The molecule has 124 valence electrons. The molecule has 1 amide bonds. The predicted octanol–water partition coefficient (Wildman–Crippen LogP) is 3.41. The summed E-state index contributed by atoms with van der Waals surface area (Å²) in [6, 6.07) is 9.79. The van der Waals surface area contributed by atoms with Crippen molar-refractivity contribution in [1.82, 2.24) is 14.9 Å². The van der Waals surface area contributed by atoms with Crippen LogP contribution in [-0.2, 0) is 6.54 Å². The number of hydrogen-bond acceptors (Lipinski definition) is 4. The Kier molecular flexibility index (Phi) is 4.20. The van der Waals surface area contributed by atoms with Crippen molar-refractivity contribution in [3.63, 3.8) is 0 Å². The Labute approximate surface area is 140 Å². The van der Waals surface area contributed by atoms with Gasteiger partial charge < -0.3 is 9.84 Å². The number of nitrogens with one attached hydrogen (secondary N) is 1. The van der Waals surface area contributed by atoms with Crippen LogP contribution in [0, 0.1) is 27.7 Å². The van der Waals surface area contributed by atoms with Crippen molar-refractivity contribution in [2.75, 3.05) is 5.32 Å². The minimum atomic E-state index is -0.213. The molecule has 3 aromatic rings. The van der Waals surface area contributed by atoms with Crippen molar-refractivity contribution in [1.29, 1.82) is 0 Å². The number of anilines is 1. The summed E-state index contributed by atoms with van der Waals surface area (Å²) in [6.07, 6.45) is 0. The van der Waals surface area contributed by atoms with Crippen LogP contribution in [0.25, 0.3) is 0 Å². The van der Waals surface area contributed by atoms with Gasteiger partial charge in [0.1, 0.15) is 11.3 Å². The molecule has 0 atom stereocenters. The second kappa shape index (κ2) is 6.31. The van der Waals surface area contributed by atoms with Crippen LogP contribution in [0.4, 0.5) is 5.69 Å². The fourth-order valence-corrected chi connectivity index (χ4v) is 2.76. The van der Waals surface area contributed by atoms with E-state index in [1.165, 1.54) is 0 Å². The van der Waals surface area contributed by atoms with Gasteiger partial charge in [-0.05, 0) is 51.5 Å². The van der Waals surface area contributed by atoms with Gasteiger partial charge in [-0.1, -0.05) is 17.3 Å². The van der Waals surface area contributed by atoms with Crippen LogP contribution < -0.4 is 5.32 Å². The van der Waals surface area contributed by atoms with Gasteiger partial charge in [0.15, 0.2) is 0 Å². The van der Waals surface area contributed by atoms with E-state index in [1.807, 2.05) is 48.9 Å². The molecule has 0 radical (unpaired) electrons.